The van der Waals surface area contributed by atoms with Crippen LogP contribution in [0.5, 0.6) is 0 Å². The fourth-order valence-corrected chi connectivity index (χ4v) is 3.76. The van der Waals surface area contributed by atoms with Crippen LogP contribution in [0.4, 0.5) is 13.2 Å². The van der Waals surface area contributed by atoms with E-state index in [1.807, 2.05) is 44.5 Å². The summed E-state index contributed by atoms with van der Waals surface area (Å²) in [6, 6.07) is 9.56. The maximum Gasteiger partial charge on any atom is 0.433 e. The monoisotopic (exact) mass is 470 g/mol. The van der Waals surface area contributed by atoms with E-state index >= 15 is 0 Å². The summed E-state index contributed by atoms with van der Waals surface area (Å²) in [5.41, 5.74) is 3.48. The lowest BCUT2D eigenvalue weighted by molar-refractivity contribution is -0.142. The average molecular weight is 470 g/mol. The number of aryl methyl sites for hydroxylation is 5. The molecule has 0 fully saturated rings. The number of hydrogen-bond acceptors (Lipinski definition) is 4. The Morgan fingerprint density at radius 1 is 1.00 bits per heavy atom. The molecule has 3 heterocycles. The van der Waals surface area contributed by atoms with Gasteiger partial charge in [0.1, 0.15) is 0 Å². The Kier molecular flexibility index (Phi) is 6.16. The van der Waals surface area contributed by atoms with E-state index in [4.69, 9.17) is 0 Å². The van der Waals surface area contributed by atoms with Crippen LogP contribution in [0, 0.1) is 27.7 Å². The van der Waals surface area contributed by atoms with E-state index in [1.165, 1.54) is 6.07 Å². The zero-order valence-electron chi connectivity index (χ0n) is 19.4. The summed E-state index contributed by atoms with van der Waals surface area (Å²) < 4.78 is 44.0. The Labute approximate surface area is 194 Å². The summed E-state index contributed by atoms with van der Waals surface area (Å²) in [4.78, 5) is 16.9. The summed E-state index contributed by atoms with van der Waals surface area (Å²) >= 11 is 0. The Bertz CT molecular complexity index is 1370. The van der Waals surface area contributed by atoms with Gasteiger partial charge in [0.15, 0.2) is 17.0 Å². The molecular formula is C24H25F3N6O. The van der Waals surface area contributed by atoms with Crippen molar-refractivity contribution in [2.24, 2.45) is 0 Å². The van der Waals surface area contributed by atoms with E-state index in [9.17, 15) is 18.0 Å². The van der Waals surface area contributed by atoms with Crippen LogP contribution in [-0.2, 0) is 12.7 Å². The van der Waals surface area contributed by atoms with Gasteiger partial charge in [-0.15, -0.1) is 0 Å². The van der Waals surface area contributed by atoms with Crippen LogP contribution >= 0.6 is 0 Å². The van der Waals surface area contributed by atoms with Crippen LogP contribution in [0.15, 0.2) is 36.4 Å². The number of fused-ring (bicyclic) bond motifs is 1. The van der Waals surface area contributed by atoms with Gasteiger partial charge in [-0.1, -0.05) is 12.1 Å². The van der Waals surface area contributed by atoms with Gasteiger partial charge < -0.3 is 5.32 Å². The number of hydrogen-bond donors (Lipinski definition) is 1. The number of carbonyl (C=O) groups is 1. The second kappa shape index (κ2) is 8.92. The molecule has 0 saturated carbocycles. The number of rotatable bonds is 6. The molecule has 0 radical (unpaired) electrons. The van der Waals surface area contributed by atoms with Crippen molar-refractivity contribution in [1.29, 1.82) is 0 Å². The number of amides is 1. The van der Waals surface area contributed by atoms with Gasteiger partial charge in [0.25, 0.3) is 5.91 Å². The van der Waals surface area contributed by atoms with Crippen molar-refractivity contribution in [1.82, 2.24) is 29.7 Å². The van der Waals surface area contributed by atoms with Crippen molar-refractivity contribution >= 4 is 11.6 Å². The fraction of sp³-hybridized carbons (Fsp3) is 0.333. The summed E-state index contributed by atoms with van der Waals surface area (Å²) in [7, 11) is 0. The summed E-state index contributed by atoms with van der Waals surface area (Å²) in [5, 5.41) is 11.0. The Balaban J connectivity index is 1.57. The topological polar surface area (TPSA) is 77.1 Å². The second-order valence-corrected chi connectivity index (χ2v) is 8.38. The summed E-state index contributed by atoms with van der Waals surface area (Å²) in [6.07, 6.45) is -4.06. The van der Waals surface area contributed by atoms with Crippen molar-refractivity contribution < 1.29 is 18.0 Å². The fourth-order valence-electron chi connectivity index (χ4n) is 3.76. The first-order valence-electron chi connectivity index (χ1n) is 10.9. The van der Waals surface area contributed by atoms with E-state index in [2.05, 4.69) is 20.5 Å². The van der Waals surface area contributed by atoms with Crippen LogP contribution in [0.1, 0.15) is 45.1 Å². The molecule has 178 valence electrons. The van der Waals surface area contributed by atoms with Gasteiger partial charge in [0.2, 0.25) is 0 Å². The van der Waals surface area contributed by atoms with E-state index < -0.39 is 17.8 Å². The van der Waals surface area contributed by atoms with Crippen LogP contribution in [-0.4, -0.2) is 36.8 Å². The third-order valence-electron chi connectivity index (χ3n) is 5.69. The molecule has 0 saturated heterocycles. The molecule has 3 aromatic heterocycles. The Morgan fingerprint density at radius 3 is 2.41 bits per heavy atom. The molecule has 1 N–H and O–H groups in total. The smallest absolute Gasteiger partial charge is 0.351 e. The SMILES string of the molecule is Cc1cc(C)n(CCCNC(=O)c2cc3nc(-c4ccc(C)c(C)c4)cc(C(F)(F)F)n3n2)n1. The van der Waals surface area contributed by atoms with Crippen molar-refractivity contribution in [2.45, 2.75) is 46.8 Å². The minimum absolute atomic E-state index is 0.0455. The molecule has 0 aliphatic rings. The molecule has 0 aliphatic heterocycles. The molecular weight excluding hydrogens is 445 g/mol. The minimum atomic E-state index is -4.67. The molecule has 4 aromatic rings. The molecule has 1 aromatic carbocycles. The highest BCUT2D eigenvalue weighted by Crippen LogP contribution is 2.32. The maximum absolute atomic E-state index is 13.8. The van der Waals surface area contributed by atoms with Crippen LogP contribution in [0.25, 0.3) is 16.9 Å². The van der Waals surface area contributed by atoms with E-state index in [-0.39, 0.29) is 17.0 Å². The normalized spacial score (nSPS) is 11.9. The van der Waals surface area contributed by atoms with Gasteiger partial charge in [-0.25, -0.2) is 9.50 Å². The average Bonchev–Trinajstić information content (AvgIpc) is 3.33. The summed E-state index contributed by atoms with van der Waals surface area (Å²) in [5.74, 6) is -0.556. The van der Waals surface area contributed by atoms with Crippen LogP contribution in [0.3, 0.4) is 0 Å². The molecule has 0 bridgehead atoms. The number of carbonyl (C=O) groups excluding carboxylic acids is 1. The van der Waals surface area contributed by atoms with Crippen molar-refractivity contribution in [3.8, 4) is 11.3 Å². The molecule has 0 unspecified atom stereocenters. The first-order valence-corrected chi connectivity index (χ1v) is 10.9. The highest BCUT2D eigenvalue weighted by atomic mass is 19.4. The number of nitrogens with zero attached hydrogens (tertiary/aromatic N) is 5. The number of aromatic nitrogens is 5. The lowest BCUT2D eigenvalue weighted by atomic mass is 10.0. The molecule has 0 spiro atoms. The first-order chi connectivity index (χ1) is 16.0. The predicted molar refractivity (Wildman–Crippen MR) is 122 cm³/mol. The van der Waals surface area contributed by atoms with Crippen LogP contribution in [0.2, 0.25) is 0 Å². The quantitative estimate of drug-likeness (QED) is 0.416. The number of benzene rings is 1. The molecule has 0 atom stereocenters. The standard InChI is InChI=1S/C24H25F3N6O/c1-14-6-7-18(10-15(14)2)19-12-21(24(25,26)27)33-22(29-19)13-20(31-33)23(34)28-8-5-9-32-17(4)11-16(3)30-32/h6-7,10-13H,5,8-9H2,1-4H3,(H,28,34). The Morgan fingerprint density at radius 2 is 1.76 bits per heavy atom. The van der Waals surface area contributed by atoms with Gasteiger partial charge in [-0.05, 0) is 63.4 Å². The molecule has 0 aliphatic carbocycles. The van der Waals surface area contributed by atoms with Gasteiger partial charge in [0.05, 0.1) is 11.4 Å². The molecule has 4 rings (SSSR count). The lowest BCUT2D eigenvalue weighted by Crippen LogP contribution is -2.26. The van der Waals surface area contributed by atoms with Gasteiger partial charge in [0, 0.05) is 30.4 Å². The van der Waals surface area contributed by atoms with E-state index in [0.29, 0.717) is 29.6 Å². The molecule has 7 nitrogen and oxygen atoms in total. The molecule has 10 heteroatoms. The van der Waals surface area contributed by atoms with Gasteiger partial charge in [-0.3, -0.25) is 9.48 Å². The first kappa shape index (κ1) is 23.5. The number of nitrogens with one attached hydrogen (secondary N) is 1. The highest BCUT2D eigenvalue weighted by molar-refractivity contribution is 5.93. The summed E-state index contributed by atoms with van der Waals surface area (Å²) in [6.45, 7) is 8.62. The largest absolute Gasteiger partial charge is 0.433 e. The number of alkyl halides is 3. The van der Waals surface area contributed by atoms with Gasteiger partial charge >= 0.3 is 6.18 Å². The third-order valence-corrected chi connectivity index (χ3v) is 5.69. The zero-order valence-corrected chi connectivity index (χ0v) is 19.4. The van der Waals surface area contributed by atoms with Crippen LogP contribution < -0.4 is 5.32 Å². The van der Waals surface area contributed by atoms with E-state index in [1.54, 1.807) is 12.1 Å². The van der Waals surface area contributed by atoms with Crippen molar-refractivity contribution in [2.75, 3.05) is 6.54 Å². The van der Waals surface area contributed by atoms with Crippen molar-refractivity contribution in [3.05, 3.63) is 70.3 Å². The maximum atomic E-state index is 13.8. The predicted octanol–water partition coefficient (Wildman–Crippen LogP) is 4.67. The van der Waals surface area contributed by atoms with Gasteiger partial charge in [-0.2, -0.15) is 23.4 Å². The minimum Gasteiger partial charge on any atom is -0.351 e. The Hall–Kier alpha value is -3.69. The zero-order chi connectivity index (χ0) is 24.6. The second-order valence-electron chi connectivity index (χ2n) is 8.38. The van der Waals surface area contributed by atoms with Crippen molar-refractivity contribution in [3.63, 3.8) is 0 Å². The van der Waals surface area contributed by atoms with E-state index in [0.717, 1.165) is 28.6 Å². The lowest BCUT2D eigenvalue weighted by Gasteiger charge is -2.11. The number of halogens is 3. The molecule has 1 amide bonds. The third kappa shape index (κ3) is 4.80. The highest BCUT2D eigenvalue weighted by Gasteiger charge is 2.35. The molecule has 34 heavy (non-hydrogen) atoms.